The lowest BCUT2D eigenvalue weighted by Crippen LogP contribution is -2.17. The number of hydrogen-bond acceptors (Lipinski definition) is 3. The summed E-state index contributed by atoms with van der Waals surface area (Å²) in [5.41, 5.74) is 7.20. The van der Waals surface area contributed by atoms with E-state index in [1.54, 1.807) is 18.2 Å². The third-order valence-electron chi connectivity index (χ3n) is 2.86. The normalized spacial score (nSPS) is 10.1. The maximum atomic E-state index is 12.1. The van der Waals surface area contributed by atoms with Gasteiger partial charge in [-0.2, -0.15) is 0 Å². The van der Waals surface area contributed by atoms with Crippen molar-refractivity contribution in [2.45, 2.75) is 6.92 Å². The van der Waals surface area contributed by atoms with Crippen molar-refractivity contribution in [2.24, 2.45) is 0 Å². The topological polar surface area (TPSA) is 92.4 Å². The summed E-state index contributed by atoms with van der Waals surface area (Å²) >= 11 is 0. The van der Waals surface area contributed by atoms with Crippen molar-refractivity contribution in [1.82, 2.24) is 0 Å². The van der Waals surface area contributed by atoms with Gasteiger partial charge in [-0.1, -0.05) is 23.8 Å². The second-order valence-electron chi connectivity index (χ2n) is 4.40. The molecule has 2 aromatic carbocycles. The van der Waals surface area contributed by atoms with Crippen LogP contribution in [-0.2, 0) is 0 Å². The summed E-state index contributed by atoms with van der Waals surface area (Å²) in [7, 11) is 0. The van der Waals surface area contributed by atoms with Crippen LogP contribution in [0, 0.1) is 6.92 Å². The molecule has 5 nitrogen and oxygen atoms in total. The van der Waals surface area contributed by atoms with E-state index in [0.29, 0.717) is 5.69 Å². The molecule has 2 aromatic rings. The van der Waals surface area contributed by atoms with E-state index in [1.165, 1.54) is 12.1 Å². The lowest BCUT2D eigenvalue weighted by Gasteiger charge is -2.09. The highest BCUT2D eigenvalue weighted by Gasteiger charge is 2.19. The van der Waals surface area contributed by atoms with Crippen LogP contribution in [0.1, 0.15) is 26.3 Å². The minimum atomic E-state index is -1.22. The Morgan fingerprint density at radius 3 is 2.35 bits per heavy atom. The third-order valence-corrected chi connectivity index (χ3v) is 2.86. The smallest absolute Gasteiger partial charge is 0.338 e. The van der Waals surface area contributed by atoms with Crippen molar-refractivity contribution in [3.63, 3.8) is 0 Å². The van der Waals surface area contributed by atoms with Gasteiger partial charge in [0.1, 0.15) is 0 Å². The summed E-state index contributed by atoms with van der Waals surface area (Å²) in [4.78, 5) is 23.3. The second kappa shape index (κ2) is 5.44. The second-order valence-corrected chi connectivity index (χ2v) is 4.40. The Hall–Kier alpha value is -2.82. The Morgan fingerprint density at radius 2 is 1.75 bits per heavy atom. The predicted octanol–water partition coefficient (Wildman–Crippen LogP) is 2.53. The van der Waals surface area contributed by atoms with E-state index >= 15 is 0 Å². The number of nitrogen functional groups attached to an aromatic ring is 1. The number of aromatic carboxylic acids is 1. The summed E-state index contributed by atoms with van der Waals surface area (Å²) < 4.78 is 0. The van der Waals surface area contributed by atoms with E-state index in [1.807, 2.05) is 19.1 Å². The molecule has 20 heavy (non-hydrogen) atoms. The van der Waals surface area contributed by atoms with Gasteiger partial charge in [-0.3, -0.25) is 4.79 Å². The van der Waals surface area contributed by atoms with Gasteiger partial charge in [0.25, 0.3) is 5.91 Å². The van der Waals surface area contributed by atoms with Crippen molar-refractivity contribution < 1.29 is 14.7 Å². The maximum absolute atomic E-state index is 12.1. The van der Waals surface area contributed by atoms with Gasteiger partial charge in [-0.05, 0) is 31.2 Å². The first-order valence-electron chi connectivity index (χ1n) is 5.99. The van der Waals surface area contributed by atoms with Gasteiger partial charge in [-0.25, -0.2) is 4.79 Å². The summed E-state index contributed by atoms with van der Waals surface area (Å²) in [6, 6.07) is 11.6. The van der Waals surface area contributed by atoms with Crippen LogP contribution in [0.25, 0.3) is 0 Å². The molecular weight excluding hydrogens is 256 g/mol. The lowest BCUT2D eigenvalue weighted by atomic mass is 10.0. The zero-order valence-corrected chi connectivity index (χ0v) is 10.9. The molecule has 0 aliphatic heterocycles. The molecule has 0 fully saturated rings. The van der Waals surface area contributed by atoms with Crippen LogP contribution in [0.5, 0.6) is 0 Å². The number of nitrogens with two attached hydrogens (primary N) is 1. The van der Waals surface area contributed by atoms with Crippen LogP contribution < -0.4 is 11.1 Å². The summed E-state index contributed by atoms with van der Waals surface area (Å²) in [5.74, 6) is -1.73. The number of benzene rings is 2. The minimum Gasteiger partial charge on any atom is -0.478 e. The Balaban J connectivity index is 2.32. The van der Waals surface area contributed by atoms with Crippen LogP contribution in [0.15, 0.2) is 42.5 Å². The number of hydrogen-bond donors (Lipinski definition) is 3. The number of rotatable bonds is 3. The number of nitrogens with one attached hydrogen (secondary N) is 1. The monoisotopic (exact) mass is 270 g/mol. The van der Waals surface area contributed by atoms with E-state index in [4.69, 9.17) is 10.8 Å². The molecule has 102 valence electrons. The van der Waals surface area contributed by atoms with Gasteiger partial charge in [-0.15, -0.1) is 0 Å². The summed E-state index contributed by atoms with van der Waals surface area (Å²) in [5, 5.41) is 11.8. The largest absolute Gasteiger partial charge is 0.478 e. The Labute approximate surface area is 116 Å². The molecule has 0 aliphatic carbocycles. The van der Waals surface area contributed by atoms with Gasteiger partial charge in [0.2, 0.25) is 0 Å². The molecule has 0 saturated heterocycles. The number of carboxylic acids is 1. The lowest BCUT2D eigenvalue weighted by molar-refractivity contribution is 0.0693. The molecule has 5 heteroatoms. The third kappa shape index (κ3) is 2.77. The molecule has 1 amide bonds. The molecule has 0 aromatic heterocycles. The molecule has 0 heterocycles. The molecule has 0 saturated carbocycles. The van der Waals surface area contributed by atoms with Crippen molar-refractivity contribution in [2.75, 3.05) is 11.1 Å². The Bertz CT molecular complexity index is 663. The van der Waals surface area contributed by atoms with Gasteiger partial charge in [0, 0.05) is 11.4 Å². The standard InChI is InChI=1S/C15H14N2O3/c1-9-5-7-10(8-6-9)17-14(18)11-3-2-4-12(16)13(11)15(19)20/h2-8H,16H2,1H3,(H,17,18)(H,19,20). The van der Waals surface area contributed by atoms with Gasteiger partial charge in [0.05, 0.1) is 11.1 Å². The van der Waals surface area contributed by atoms with Crippen LogP contribution >= 0.6 is 0 Å². The zero-order valence-electron chi connectivity index (χ0n) is 10.9. The number of carbonyl (C=O) groups excluding carboxylic acids is 1. The number of amides is 1. The van der Waals surface area contributed by atoms with Gasteiger partial charge in [0.15, 0.2) is 0 Å². The average Bonchev–Trinajstić information content (AvgIpc) is 2.40. The number of carbonyl (C=O) groups is 2. The zero-order chi connectivity index (χ0) is 14.7. The number of anilines is 2. The fourth-order valence-electron chi connectivity index (χ4n) is 1.83. The van der Waals surface area contributed by atoms with E-state index in [0.717, 1.165) is 5.56 Å². The van der Waals surface area contributed by atoms with E-state index in [-0.39, 0.29) is 16.8 Å². The first-order chi connectivity index (χ1) is 9.49. The van der Waals surface area contributed by atoms with Crippen LogP contribution in [0.4, 0.5) is 11.4 Å². The molecule has 0 aliphatic rings. The molecule has 0 unspecified atom stereocenters. The Kier molecular flexibility index (Phi) is 3.70. The average molecular weight is 270 g/mol. The van der Waals surface area contributed by atoms with Gasteiger partial charge >= 0.3 is 5.97 Å². The predicted molar refractivity (Wildman–Crippen MR) is 76.9 cm³/mol. The molecule has 0 atom stereocenters. The first kappa shape index (κ1) is 13.6. The number of aryl methyl sites for hydroxylation is 1. The summed E-state index contributed by atoms with van der Waals surface area (Å²) in [6.45, 7) is 1.94. The highest BCUT2D eigenvalue weighted by molar-refractivity contribution is 6.12. The summed E-state index contributed by atoms with van der Waals surface area (Å²) in [6.07, 6.45) is 0. The van der Waals surface area contributed by atoms with E-state index < -0.39 is 11.9 Å². The number of carboxylic acid groups (broad SMARTS) is 1. The molecule has 4 N–H and O–H groups in total. The van der Waals surface area contributed by atoms with Crippen molar-refractivity contribution in [3.05, 3.63) is 59.2 Å². The highest BCUT2D eigenvalue weighted by Crippen LogP contribution is 2.19. The maximum Gasteiger partial charge on any atom is 0.338 e. The van der Waals surface area contributed by atoms with Gasteiger partial charge < -0.3 is 16.2 Å². The van der Waals surface area contributed by atoms with Crippen LogP contribution in [0.3, 0.4) is 0 Å². The SMILES string of the molecule is Cc1ccc(NC(=O)c2cccc(N)c2C(=O)O)cc1. The molecule has 0 bridgehead atoms. The van der Waals surface area contributed by atoms with Crippen LogP contribution in [-0.4, -0.2) is 17.0 Å². The molecule has 2 rings (SSSR count). The fraction of sp³-hybridized carbons (Fsp3) is 0.0667. The van der Waals surface area contributed by atoms with E-state index in [2.05, 4.69) is 5.32 Å². The Morgan fingerprint density at radius 1 is 1.10 bits per heavy atom. The molecular formula is C15H14N2O3. The quantitative estimate of drug-likeness (QED) is 0.747. The first-order valence-corrected chi connectivity index (χ1v) is 5.99. The van der Waals surface area contributed by atoms with Crippen LogP contribution in [0.2, 0.25) is 0 Å². The fourth-order valence-corrected chi connectivity index (χ4v) is 1.83. The minimum absolute atomic E-state index is 0.0399. The van der Waals surface area contributed by atoms with Crippen molar-refractivity contribution in [3.8, 4) is 0 Å². The molecule has 0 radical (unpaired) electrons. The molecule has 0 spiro atoms. The highest BCUT2D eigenvalue weighted by atomic mass is 16.4. The van der Waals surface area contributed by atoms with Crippen molar-refractivity contribution in [1.29, 1.82) is 0 Å². The van der Waals surface area contributed by atoms with Crippen molar-refractivity contribution >= 4 is 23.3 Å². The van der Waals surface area contributed by atoms with E-state index in [9.17, 15) is 9.59 Å².